The Bertz CT molecular complexity index is 536. The van der Waals surface area contributed by atoms with E-state index in [1.54, 1.807) is 11.3 Å². The standard InChI is InChI=1S/C17H24N2OS/c1-4-5-10-18-11-14(3)20-16-8-6-15(7-9-16)17-19-13(2)12-21-17/h6-9,12,14,18H,4-5,10-11H2,1-3H3. The minimum atomic E-state index is 0.176. The van der Waals surface area contributed by atoms with Crippen molar-refractivity contribution in [2.75, 3.05) is 13.1 Å². The van der Waals surface area contributed by atoms with Gasteiger partial charge in [0.05, 0.1) is 0 Å². The van der Waals surface area contributed by atoms with Crippen molar-refractivity contribution < 1.29 is 4.74 Å². The molecular formula is C17H24N2OS. The Morgan fingerprint density at radius 1 is 1.29 bits per heavy atom. The molecule has 1 N–H and O–H groups in total. The summed E-state index contributed by atoms with van der Waals surface area (Å²) in [5.41, 5.74) is 2.22. The van der Waals surface area contributed by atoms with Crippen molar-refractivity contribution in [2.24, 2.45) is 0 Å². The van der Waals surface area contributed by atoms with Gasteiger partial charge >= 0.3 is 0 Å². The summed E-state index contributed by atoms with van der Waals surface area (Å²) in [5, 5.41) is 6.55. The van der Waals surface area contributed by atoms with Crippen LogP contribution in [0.4, 0.5) is 0 Å². The Labute approximate surface area is 131 Å². The molecule has 1 heterocycles. The van der Waals surface area contributed by atoms with Crippen LogP contribution in [0.2, 0.25) is 0 Å². The number of ether oxygens (including phenoxy) is 1. The zero-order valence-corrected chi connectivity index (χ0v) is 13.9. The molecule has 0 amide bonds. The van der Waals surface area contributed by atoms with Crippen LogP contribution in [-0.2, 0) is 0 Å². The quantitative estimate of drug-likeness (QED) is 0.739. The second-order valence-corrected chi connectivity index (χ2v) is 6.16. The maximum absolute atomic E-state index is 5.91. The molecule has 0 radical (unpaired) electrons. The third-order valence-electron chi connectivity index (χ3n) is 3.20. The number of hydrogen-bond donors (Lipinski definition) is 1. The maximum Gasteiger partial charge on any atom is 0.123 e. The fourth-order valence-corrected chi connectivity index (χ4v) is 2.85. The van der Waals surface area contributed by atoms with E-state index in [4.69, 9.17) is 4.74 Å². The SMILES string of the molecule is CCCCNCC(C)Oc1ccc(-c2nc(C)cs2)cc1. The second kappa shape index (κ2) is 8.15. The molecule has 21 heavy (non-hydrogen) atoms. The molecule has 2 aromatic rings. The van der Waals surface area contributed by atoms with Gasteiger partial charge < -0.3 is 10.1 Å². The van der Waals surface area contributed by atoms with Gasteiger partial charge in [0, 0.05) is 23.2 Å². The Balaban J connectivity index is 1.84. The zero-order valence-electron chi connectivity index (χ0n) is 13.1. The topological polar surface area (TPSA) is 34.1 Å². The van der Waals surface area contributed by atoms with E-state index in [1.165, 1.54) is 12.8 Å². The molecule has 3 nitrogen and oxygen atoms in total. The van der Waals surface area contributed by atoms with Crippen molar-refractivity contribution in [1.29, 1.82) is 0 Å². The molecule has 4 heteroatoms. The minimum Gasteiger partial charge on any atom is -0.489 e. The molecule has 0 aliphatic heterocycles. The van der Waals surface area contributed by atoms with E-state index in [-0.39, 0.29) is 6.10 Å². The maximum atomic E-state index is 5.91. The largest absolute Gasteiger partial charge is 0.489 e. The molecule has 1 atom stereocenters. The number of nitrogens with one attached hydrogen (secondary N) is 1. The summed E-state index contributed by atoms with van der Waals surface area (Å²) in [6.07, 6.45) is 2.61. The van der Waals surface area contributed by atoms with Crippen LogP contribution in [0.1, 0.15) is 32.4 Å². The molecule has 0 saturated carbocycles. The van der Waals surface area contributed by atoms with E-state index in [0.29, 0.717) is 0 Å². The molecule has 0 aliphatic rings. The molecule has 0 fully saturated rings. The van der Waals surface area contributed by atoms with Gasteiger partial charge in [-0.25, -0.2) is 4.98 Å². The molecule has 0 aliphatic carbocycles. The summed E-state index contributed by atoms with van der Waals surface area (Å²) < 4.78 is 5.91. The van der Waals surface area contributed by atoms with E-state index in [9.17, 15) is 0 Å². The van der Waals surface area contributed by atoms with Crippen LogP contribution < -0.4 is 10.1 Å². The lowest BCUT2D eigenvalue weighted by Crippen LogP contribution is -2.29. The van der Waals surface area contributed by atoms with Gasteiger partial charge in [-0.15, -0.1) is 11.3 Å². The number of benzene rings is 1. The number of hydrogen-bond acceptors (Lipinski definition) is 4. The monoisotopic (exact) mass is 304 g/mol. The lowest BCUT2D eigenvalue weighted by Gasteiger charge is -2.15. The van der Waals surface area contributed by atoms with Gasteiger partial charge in [-0.2, -0.15) is 0 Å². The molecule has 0 saturated heterocycles. The Morgan fingerprint density at radius 3 is 2.67 bits per heavy atom. The summed E-state index contributed by atoms with van der Waals surface area (Å²) in [6, 6.07) is 8.19. The third kappa shape index (κ3) is 5.14. The number of thiazole rings is 1. The van der Waals surface area contributed by atoms with E-state index >= 15 is 0 Å². The molecule has 114 valence electrons. The van der Waals surface area contributed by atoms with Gasteiger partial charge in [-0.3, -0.25) is 0 Å². The second-order valence-electron chi connectivity index (χ2n) is 5.30. The van der Waals surface area contributed by atoms with Crippen molar-refractivity contribution in [1.82, 2.24) is 10.3 Å². The highest BCUT2D eigenvalue weighted by atomic mass is 32.1. The molecule has 1 aromatic heterocycles. The first kappa shape index (κ1) is 16.0. The number of rotatable bonds is 8. The number of aryl methyl sites for hydroxylation is 1. The van der Waals surface area contributed by atoms with Crippen LogP contribution in [0.3, 0.4) is 0 Å². The van der Waals surface area contributed by atoms with Gasteiger partial charge in [-0.05, 0) is 51.1 Å². The Hall–Kier alpha value is -1.39. The molecule has 1 aromatic carbocycles. The average molecular weight is 304 g/mol. The van der Waals surface area contributed by atoms with Crippen molar-refractivity contribution in [3.8, 4) is 16.3 Å². The molecule has 2 rings (SSSR count). The molecule has 1 unspecified atom stereocenters. The van der Waals surface area contributed by atoms with Gasteiger partial charge in [0.25, 0.3) is 0 Å². The molecular weight excluding hydrogens is 280 g/mol. The number of aromatic nitrogens is 1. The van der Waals surface area contributed by atoms with Gasteiger partial charge in [0.2, 0.25) is 0 Å². The fourth-order valence-electron chi connectivity index (χ4n) is 2.04. The van der Waals surface area contributed by atoms with E-state index in [2.05, 4.69) is 41.7 Å². The smallest absolute Gasteiger partial charge is 0.123 e. The van der Waals surface area contributed by atoms with Crippen LogP contribution in [0.5, 0.6) is 5.75 Å². The minimum absolute atomic E-state index is 0.176. The van der Waals surface area contributed by atoms with Crippen LogP contribution >= 0.6 is 11.3 Å². The summed E-state index contributed by atoms with van der Waals surface area (Å²) in [4.78, 5) is 4.50. The van der Waals surface area contributed by atoms with Gasteiger partial charge in [0.15, 0.2) is 0 Å². The third-order valence-corrected chi connectivity index (χ3v) is 4.21. The zero-order chi connectivity index (χ0) is 15.1. The first-order valence-corrected chi connectivity index (χ1v) is 8.47. The van der Waals surface area contributed by atoms with Crippen LogP contribution in [0.25, 0.3) is 10.6 Å². The summed E-state index contributed by atoms with van der Waals surface area (Å²) >= 11 is 1.68. The first-order chi connectivity index (χ1) is 10.2. The molecule has 0 spiro atoms. The molecule has 0 bridgehead atoms. The normalized spacial score (nSPS) is 12.3. The van der Waals surface area contributed by atoms with E-state index in [1.807, 2.05) is 19.1 Å². The predicted octanol–water partition coefficient (Wildman–Crippen LogP) is 4.28. The Morgan fingerprint density at radius 2 is 2.05 bits per heavy atom. The highest BCUT2D eigenvalue weighted by Gasteiger charge is 2.05. The lowest BCUT2D eigenvalue weighted by molar-refractivity contribution is 0.217. The van der Waals surface area contributed by atoms with Crippen molar-refractivity contribution in [3.05, 3.63) is 35.3 Å². The lowest BCUT2D eigenvalue weighted by atomic mass is 10.2. The summed E-state index contributed by atoms with van der Waals surface area (Å²) in [6.45, 7) is 8.26. The number of nitrogens with zero attached hydrogens (tertiary/aromatic N) is 1. The van der Waals surface area contributed by atoms with Gasteiger partial charge in [0.1, 0.15) is 16.9 Å². The van der Waals surface area contributed by atoms with Crippen molar-refractivity contribution in [2.45, 2.75) is 39.7 Å². The highest BCUT2D eigenvalue weighted by Crippen LogP contribution is 2.25. The first-order valence-electron chi connectivity index (χ1n) is 7.59. The summed E-state index contributed by atoms with van der Waals surface area (Å²) in [7, 11) is 0. The number of unbranched alkanes of at least 4 members (excludes halogenated alkanes) is 1. The van der Waals surface area contributed by atoms with Crippen LogP contribution in [0, 0.1) is 6.92 Å². The predicted molar refractivity (Wildman–Crippen MR) is 90.2 cm³/mol. The average Bonchev–Trinajstić information content (AvgIpc) is 2.91. The fraction of sp³-hybridized carbons (Fsp3) is 0.471. The van der Waals surface area contributed by atoms with Crippen molar-refractivity contribution >= 4 is 11.3 Å². The highest BCUT2D eigenvalue weighted by molar-refractivity contribution is 7.13. The van der Waals surface area contributed by atoms with Crippen LogP contribution in [0.15, 0.2) is 29.6 Å². The van der Waals surface area contributed by atoms with Gasteiger partial charge in [-0.1, -0.05) is 13.3 Å². The Kier molecular flexibility index (Phi) is 6.21. The van der Waals surface area contributed by atoms with E-state index < -0.39 is 0 Å². The van der Waals surface area contributed by atoms with Crippen LogP contribution in [-0.4, -0.2) is 24.2 Å². The van der Waals surface area contributed by atoms with E-state index in [0.717, 1.165) is 35.1 Å². The van der Waals surface area contributed by atoms with Crippen molar-refractivity contribution in [3.63, 3.8) is 0 Å². The summed E-state index contributed by atoms with van der Waals surface area (Å²) in [5.74, 6) is 0.914.